The van der Waals surface area contributed by atoms with Gasteiger partial charge in [0.1, 0.15) is 0 Å². The van der Waals surface area contributed by atoms with E-state index in [2.05, 4.69) is 30.3 Å². The molecule has 1 atom stereocenters. The van der Waals surface area contributed by atoms with Gasteiger partial charge in [0, 0.05) is 18.4 Å². The summed E-state index contributed by atoms with van der Waals surface area (Å²) < 4.78 is 2.05. The van der Waals surface area contributed by atoms with E-state index in [0.717, 1.165) is 0 Å². The monoisotopic (exact) mass is 181 g/mol. The molecule has 0 aliphatic carbocycles. The normalized spacial score (nSPS) is 13.5. The Morgan fingerprint density at radius 1 is 1.46 bits per heavy atom. The van der Waals surface area contributed by atoms with E-state index in [0.29, 0.717) is 17.9 Å². The van der Waals surface area contributed by atoms with Gasteiger partial charge in [0.05, 0.1) is 0 Å². The van der Waals surface area contributed by atoms with Gasteiger partial charge in [-0.25, -0.2) is 4.98 Å². The van der Waals surface area contributed by atoms with E-state index in [9.17, 15) is 0 Å². The molecule has 2 N–H and O–H groups in total. The average Bonchev–Trinajstić information content (AvgIpc) is 2.53. The number of hydrogen-bond donors (Lipinski definition) is 1. The van der Waals surface area contributed by atoms with Gasteiger partial charge >= 0.3 is 0 Å². The van der Waals surface area contributed by atoms with E-state index in [1.807, 2.05) is 6.20 Å². The second-order valence-corrected chi connectivity index (χ2v) is 3.51. The Morgan fingerprint density at radius 3 is 2.46 bits per heavy atom. The maximum Gasteiger partial charge on any atom is 0.200 e. The standard InChI is InChI=1S/C10H19N3/c1-4-9(5-2)8(3)13-7-6-12-10(13)11/h6-9H,4-5H2,1-3H3,(H2,11,12). The van der Waals surface area contributed by atoms with Crippen molar-refractivity contribution < 1.29 is 0 Å². The Hall–Kier alpha value is -0.990. The quantitative estimate of drug-likeness (QED) is 0.775. The maximum atomic E-state index is 5.74. The van der Waals surface area contributed by atoms with E-state index in [1.54, 1.807) is 6.20 Å². The molecular formula is C10H19N3. The highest BCUT2D eigenvalue weighted by atomic mass is 15.2. The number of nitrogens with two attached hydrogens (primary N) is 1. The smallest absolute Gasteiger partial charge is 0.200 e. The number of anilines is 1. The number of imidazole rings is 1. The lowest BCUT2D eigenvalue weighted by atomic mass is 9.95. The number of nitrogens with zero attached hydrogens (tertiary/aromatic N) is 2. The third-order valence-electron chi connectivity index (χ3n) is 2.87. The van der Waals surface area contributed by atoms with Crippen LogP contribution >= 0.6 is 0 Å². The fraction of sp³-hybridized carbons (Fsp3) is 0.700. The van der Waals surface area contributed by atoms with Crippen LogP contribution in [0.4, 0.5) is 5.95 Å². The largest absolute Gasteiger partial charge is 0.369 e. The zero-order chi connectivity index (χ0) is 9.84. The van der Waals surface area contributed by atoms with Gasteiger partial charge in [-0.2, -0.15) is 0 Å². The predicted octanol–water partition coefficient (Wildman–Crippen LogP) is 2.46. The van der Waals surface area contributed by atoms with Gasteiger partial charge in [0.25, 0.3) is 0 Å². The van der Waals surface area contributed by atoms with Crippen molar-refractivity contribution in [3.63, 3.8) is 0 Å². The highest BCUT2D eigenvalue weighted by molar-refractivity contribution is 5.17. The number of nitrogen functional groups attached to an aromatic ring is 1. The molecule has 0 bridgehead atoms. The second-order valence-electron chi connectivity index (χ2n) is 3.51. The molecule has 0 amide bonds. The van der Waals surface area contributed by atoms with Crippen molar-refractivity contribution in [1.29, 1.82) is 0 Å². The summed E-state index contributed by atoms with van der Waals surface area (Å²) in [5.41, 5.74) is 5.74. The van der Waals surface area contributed by atoms with Gasteiger partial charge < -0.3 is 10.3 Å². The van der Waals surface area contributed by atoms with Gasteiger partial charge in [-0.3, -0.25) is 0 Å². The first kappa shape index (κ1) is 10.1. The summed E-state index contributed by atoms with van der Waals surface area (Å²) in [6.07, 6.45) is 6.09. The molecule has 0 aliphatic rings. The summed E-state index contributed by atoms with van der Waals surface area (Å²) in [6, 6.07) is 0.456. The number of aromatic nitrogens is 2. The highest BCUT2D eigenvalue weighted by Crippen LogP contribution is 2.25. The SMILES string of the molecule is CCC(CC)C(C)n1ccnc1N. The summed E-state index contributed by atoms with van der Waals surface area (Å²) >= 11 is 0. The highest BCUT2D eigenvalue weighted by Gasteiger charge is 2.16. The number of hydrogen-bond acceptors (Lipinski definition) is 2. The van der Waals surface area contributed by atoms with Crippen LogP contribution in [-0.4, -0.2) is 9.55 Å². The molecule has 3 nitrogen and oxygen atoms in total. The van der Waals surface area contributed by atoms with Crippen LogP contribution in [-0.2, 0) is 0 Å². The number of rotatable bonds is 4. The van der Waals surface area contributed by atoms with E-state index in [1.165, 1.54) is 12.8 Å². The molecule has 1 unspecified atom stereocenters. The molecule has 1 aromatic rings. The minimum Gasteiger partial charge on any atom is -0.369 e. The van der Waals surface area contributed by atoms with Crippen molar-refractivity contribution in [2.75, 3.05) is 5.73 Å². The molecule has 0 saturated heterocycles. The summed E-state index contributed by atoms with van der Waals surface area (Å²) in [4.78, 5) is 4.03. The van der Waals surface area contributed by atoms with Crippen LogP contribution in [0.25, 0.3) is 0 Å². The lowest BCUT2D eigenvalue weighted by Gasteiger charge is -2.23. The minimum absolute atomic E-state index is 0.456. The Bertz CT molecular complexity index is 250. The molecule has 1 rings (SSSR count). The van der Waals surface area contributed by atoms with E-state index < -0.39 is 0 Å². The van der Waals surface area contributed by atoms with Crippen molar-refractivity contribution >= 4 is 5.95 Å². The lowest BCUT2D eigenvalue weighted by molar-refractivity contribution is 0.336. The first-order valence-corrected chi connectivity index (χ1v) is 4.99. The third-order valence-corrected chi connectivity index (χ3v) is 2.87. The summed E-state index contributed by atoms with van der Waals surface area (Å²) in [5, 5.41) is 0. The lowest BCUT2D eigenvalue weighted by Crippen LogP contribution is -2.16. The molecule has 3 heteroatoms. The molecular weight excluding hydrogens is 162 g/mol. The minimum atomic E-state index is 0.456. The van der Waals surface area contributed by atoms with Crippen molar-refractivity contribution in [1.82, 2.24) is 9.55 Å². The van der Waals surface area contributed by atoms with E-state index in [-0.39, 0.29) is 0 Å². The van der Waals surface area contributed by atoms with E-state index in [4.69, 9.17) is 5.73 Å². The molecule has 1 heterocycles. The zero-order valence-corrected chi connectivity index (χ0v) is 8.70. The zero-order valence-electron chi connectivity index (χ0n) is 8.70. The average molecular weight is 181 g/mol. The Balaban J connectivity index is 2.77. The van der Waals surface area contributed by atoms with Crippen molar-refractivity contribution in [2.45, 2.75) is 39.7 Å². The van der Waals surface area contributed by atoms with Crippen molar-refractivity contribution in [2.24, 2.45) is 5.92 Å². The molecule has 0 fully saturated rings. The fourth-order valence-electron chi connectivity index (χ4n) is 1.87. The first-order valence-electron chi connectivity index (χ1n) is 4.99. The van der Waals surface area contributed by atoms with Gasteiger partial charge in [0.2, 0.25) is 0 Å². The third kappa shape index (κ3) is 2.02. The topological polar surface area (TPSA) is 43.8 Å². The van der Waals surface area contributed by atoms with E-state index >= 15 is 0 Å². The van der Waals surface area contributed by atoms with Crippen molar-refractivity contribution in [3.8, 4) is 0 Å². The van der Waals surface area contributed by atoms with Crippen molar-refractivity contribution in [3.05, 3.63) is 12.4 Å². The molecule has 0 aromatic carbocycles. The summed E-state index contributed by atoms with van der Waals surface area (Å²) in [6.45, 7) is 6.64. The fourth-order valence-corrected chi connectivity index (χ4v) is 1.87. The van der Waals surface area contributed by atoms with Crippen LogP contribution in [0.3, 0.4) is 0 Å². The Morgan fingerprint density at radius 2 is 2.08 bits per heavy atom. The molecule has 1 aromatic heterocycles. The van der Waals surface area contributed by atoms with Crippen LogP contribution < -0.4 is 5.73 Å². The van der Waals surface area contributed by atoms with Crippen LogP contribution in [0.15, 0.2) is 12.4 Å². The second kappa shape index (κ2) is 4.30. The van der Waals surface area contributed by atoms with Crippen LogP contribution in [0.5, 0.6) is 0 Å². The molecule has 0 spiro atoms. The molecule has 0 saturated carbocycles. The van der Waals surface area contributed by atoms with Gasteiger partial charge in [-0.1, -0.05) is 26.7 Å². The molecule has 0 radical (unpaired) electrons. The molecule has 74 valence electrons. The summed E-state index contributed by atoms with van der Waals surface area (Å²) in [7, 11) is 0. The summed E-state index contributed by atoms with van der Waals surface area (Å²) in [5.74, 6) is 1.32. The molecule has 13 heavy (non-hydrogen) atoms. The maximum absolute atomic E-state index is 5.74. The first-order chi connectivity index (χ1) is 6.20. The van der Waals surface area contributed by atoms with Crippen LogP contribution in [0.1, 0.15) is 39.7 Å². The predicted molar refractivity (Wildman–Crippen MR) is 55.4 cm³/mol. The van der Waals surface area contributed by atoms with Crippen LogP contribution in [0.2, 0.25) is 0 Å². The van der Waals surface area contributed by atoms with Gasteiger partial charge in [-0.05, 0) is 12.8 Å². The Kier molecular flexibility index (Phi) is 3.34. The Labute approximate surface area is 80.0 Å². The van der Waals surface area contributed by atoms with Gasteiger partial charge in [-0.15, -0.1) is 0 Å². The molecule has 0 aliphatic heterocycles. The van der Waals surface area contributed by atoms with Crippen LogP contribution in [0, 0.1) is 5.92 Å². The van der Waals surface area contributed by atoms with Gasteiger partial charge in [0.15, 0.2) is 5.95 Å².